The summed E-state index contributed by atoms with van der Waals surface area (Å²) >= 11 is 3.72. The van der Waals surface area contributed by atoms with E-state index in [2.05, 4.69) is 101 Å². The van der Waals surface area contributed by atoms with Crippen molar-refractivity contribution in [2.75, 3.05) is 0 Å². The lowest BCUT2D eigenvalue weighted by Gasteiger charge is -2.22. The molecule has 0 N–H and O–H groups in total. The van der Waals surface area contributed by atoms with Crippen molar-refractivity contribution in [2.45, 2.75) is 40.0 Å². The zero-order valence-electron chi connectivity index (χ0n) is 20.2. The van der Waals surface area contributed by atoms with Crippen LogP contribution in [0, 0.1) is 13.8 Å². The van der Waals surface area contributed by atoms with E-state index in [0.717, 1.165) is 5.69 Å². The Morgan fingerprint density at radius 3 is 2.50 bits per heavy atom. The van der Waals surface area contributed by atoms with Gasteiger partial charge in [0, 0.05) is 32.3 Å². The average Bonchev–Trinajstić information content (AvgIpc) is 3.38. The van der Waals surface area contributed by atoms with E-state index in [1.807, 2.05) is 28.9 Å². The van der Waals surface area contributed by atoms with Crippen LogP contribution in [0.1, 0.15) is 37.5 Å². The first-order valence-corrected chi connectivity index (χ1v) is 13.4. The number of pyridine rings is 1. The number of benzene rings is 3. The number of aromatic nitrogens is 1. The minimum atomic E-state index is 0.0478. The van der Waals surface area contributed by atoms with Gasteiger partial charge in [0.25, 0.3) is 0 Å². The van der Waals surface area contributed by atoms with Crippen molar-refractivity contribution in [1.82, 2.24) is 4.98 Å². The fourth-order valence-electron chi connectivity index (χ4n) is 5.11. The highest BCUT2D eigenvalue weighted by molar-refractivity contribution is 7.23. The molecule has 0 aliphatic heterocycles. The standard InChI is InChI=1S/C31H27NS2/c1-18-17-33-26-12-8-11-24(27(18)26)29-19(2)22-13-14-32-28(30(22)34-29)21-15-20-9-6-7-10-23(20)25(16-21)31(3,4)5/h6-17H,1-5H3. The van der Waals surface area contributed by atoms with Gasteiger partial charge in [-0.05, 0) is 81.8 Å². The van der Waals surface area contributed by atoms with Gasteiger partial charge in [0.15, 0.2) is 0 Å². The third kappa shape index (κ3) is 3.30. The van der Waals surface area contributed by atoms with Crippen molar-refractivity contribution in [3.63, 3.8) is 0 Å². The van der Waals surface area contributed by atoms with Crippen LogP contribution in [-0.2, 0) is 5.41 Å². The highest BCUT2D eigenvalue weighted by atomic mass is 32.1. The van der Waals surface area contributed by atoms with E-state index in [0.29, 0.717) is 0 Å². The summed E-state index contributed by atoms with van der Waals surface area (Å²) in [6.45, 7) is 11.4. The maximum atomic E-state index is 4.94. The molecule has 0 radical (unpaired) electrons. The zero-order chi connectivity index (χ0) is 23.6. The van der Waals surface area contributed by atoms with Crippen LogP contribution in [-0.4, -0.2) is 4.98 Å². The summed E-state index contributed by atoms with van der Waals surface area (Å²) in [6, 6.07) is 22.3. The molecule has 0 unspecified atom stereocenters. The minimum Gasteiger partial charge on any atom is -0.255 e. The molecule has 0 spiro atoms. The van der Waals surface area contributed by atoms with Gasteiger partial charge < -0.3 is 0 Å². The Hall–Kier alpha value is -3.01. The van der Waals surface area contributed by atoms with Gasteiger partial charge in [0.05, 0.1) is 10.4 Å². The summed E-state index contributed by atoms with van der Waals surface area (Å²) in [5.74, 6) is 0. The number of hydrogen-bond donors (Lipinski definition) is 0. The first-order chi connectivity index (χ1) is 16.3. The Bertz CT molecular complexity index is 1710. The molecule has 3 aromatic heterocycles. The highest BCUT2D eigenvalue weighted by Gasteiger charge is 2.21. The van der Waals surface area contributed by atoms with Crippen LogP contribution in [0.3, 0.4) is 0 Å². The van der Waals surface area contributed by atoms with Crippen LogP contribution < -0.4 is 0 Å². The topological polar surface area (TPSA) is 12.9 Å². The van der Waals surface area contributed by atoms with Gasteiger partial charge in [-0.15, -0.1) is 22.7 Å². The van der Waals surface area contributed by atoms with Crippen LogP contribution in [0.5, 0.6) is 0 Å². The SMILES string of the molecule is Cc1c(-c2cccc3scc(C)c23)sc2c(-c3cc(C(C)(C)C)c4ccccc4c3)nccc12. The number of rotatable bonds is 2. The second-order valence-corrected chi connectivity index (χ2v) is 12.1. The Labute approximate surface area is 208 Å². The largest absolute Gasteiger partial charge is 0.255 e. The van der Waals surface area contributed by atoms with Crippen LogP contribution in [0.15, 0.2) is 72.2 Å². The normalized spacial score (nSPS) is 12.3. The second kappa shape index (κ2) is 7.76. The molecule has 3 heteroatoms. The van der Waals surface area contributed by atoms with Gasteiger partial charge in [-0.2, -0.15) is 0 Å². The molecule has 3 heterocycles. The highest BCUT2D eigenvalue weighted by Crippen LogP contribution is 2.46. The second-order valence-electron chi connectivity index (χ2n) is 10.2. The van der Waals surface area contributed by atoms with Crippen molar-refractivity contribution in [1.29, 1.82) is 0 Å². The van der Waals surface area contributed by atoms with Crippen molar-refractivity contribution in [3.05, 3.63) is 88.9 Å². The van der Waals surface area contributed by atoms with Gasteiger partial charge in [-0.1, -0.05) is 57.2 Å². The third-order valence-electron chi connectivity index (χ3n) is 6.82. The monoisotopic (exact) mass is 477 g/mol. The van der Waals surface area contributed by atoms with Crippen molar-refractivity contribution in [3.8, 4) is 21.7 Å². The molecule has 1 nitrogen and oxygen atoms in total. The van der Waals surface area contributed by atoms with Crippen LogP contribution in [0.2, 0.25) is 0 Å². The van der Waals surface area contributed by atoms with E-state index in [1.54, 1.807) is 0 Å². The molecule has 0 atom stereocenters. The van der Waals surface area contributed by atoms with E-state index in [9.17, 15) is 0 Å². The predicted octanol–water partition coefficient (Wildman–Crippen LogP) is 9.91. The lowest BCUT2D eigenvalue weighted by molar-refractivity contribution is 0.596. The summed E-state index contributed by atoms with van der Waals surface area (Å²) in [5, 5.41) is 7.56. The molecule has 0 amide bonds. The van der Waals surface area contributed by atoms with Crippen molar-refractivity contribution >= 4 is 53.6 Å². The smallest absolute Gasteiger partial charge is 0.0880 e. The first kappa shape index (κ1) is 21.5. The molecular formula is C31H27NS2. The summed E-state index contributed by atoms with van der Waals surface area (Å²) in [4.78, 5) is 6.29. The molecule has 0 aliphatic rings. The molecular weight excluding hydrogens is 450 g/mol. The summed E-state index contributed by atoms with van der Waals surface area (Å²) in [5.41, 5.74) is 7.75. The fraction of sp³-hybridized carbons (Fsp3) is 0.194. The average molecular weight is 478 g/mol. The number of aryl methyl sites for hydroxylation is 2. The number of thiophene rings is 2. The maximum absolute atomic E-state index is 4.94. The van der Waals surface area contributed by atoms with Crippen LogP contribution in [0.4, 0.5) is 0 Å². The Balaban J connectivity index is 1.64. The lowest BCUT2D eigenvalue weighted by atomic mass is 9.82. The quantitative estimate of drug-likeness (QED) is 0.242. The van der Waals surface area contributed by atoms with E-state index in [4.69, 9.17) is 4.98 Å². The Kier molecular flexibility index (Phi) is 4.91. The summed E-state index contributed by atoms with van der Waals surface area (Å²) < 4.78 is 2.63. The van der Waals surface area contributed by atoms with E-state index in [1.165, 1.54) is 63.6 Å². The number of fused-ring (bicyclic) bond motifs is 3. The van der Waals surface area contributed by atoms with E-state index >= 15 is 0 Å². The van der Waals surface area contributed by atoms with Crippen LogP contribution in [0.25, 0.3) is 52.6 Å². The number of nitrogens with zero attached hydrogens (tertiary/aromatic N) is 1. The molecule has 0 bridgehead atoms. The van der Waals surface area contributed by atoms with Crippen molar-refractivity contribution in [2.24, 2.45) is 0 Å². The molecule has 168 valence electrons. The van der Waals surface area contributed by atoms with Gasteiger partial charge in [-0.25, -0.2) is 0 Å². The van der Waals surface area contributed by atoms with Gasteiger partial charge in [0.1, 0.15) is 0 Å². The summed E-state index contributed by atoms with van der Waals surface area (Å²) in [6.07, 6.45) is 1.98. The molecule has 34 heavy (non-hydrogen) atoms. The summed E-state index contributed by atoms with van der Waals surface area (Å²) in [7, 11) is 0. The van der Waals surface area contributed by atoms with Gasteiger partial charge >= 0.3 is 0 Å². The zero-order valence-corrected chi connectivity index (χ0v) is 21.8. The van der Waals surface area contributed by atoms with Gasteiger partial charge in [0.2, 0.25) is 0 Å². The Morgan fingerprint density at radius 1 is 0.853 bits per heavy atom. The Morgan fingerprint density at radius 2 is 1.68 bits per heavy atom. The van der Waals surface area contributed by atoms with E-state index < -0.39 is 0 Å². The van der Waals surface area contributed by atoms with Crippen LogP contribution >= 0.6 is 22.7 Å². The molecule has 0 aliphatic carbocycles. The predicted molar refractivity (Wildman–Crippen MR) is 152 cm³/mol. The number of hydrogen-bond acceptors (Lipinski definition) is 3. The molecule has 6 aromatic rings. The lowest BCUT2D eigenvalue weighted by Crippen LogP contribution is -2.12. The third-order valence-corrected chi connectivity index (χ3v) is 9.24. The molecule has 0 fully saturated rings. The molecule has 6 rings (SSSR count). The molecule has 3 aromatic carbocycles. The fourth-order valence-corrected chi connectivity index (χ4v) is 7.43. The van der Waals surface area contributed by atoms with Crippen molar-refractivity contribution < 1.29 is 0 Å². The molecule has 0 saturated heterocycles. The molecule has 0 saturated carbocycles. The minimum absolute atomic E-state index is 0.0478. The first-order valence-electron chi connectivity index (χ1n) is 11.7. The van der Waals surface area contributed by atoms with Gasteiger partial charge in [-0.3, -0.25) is 4.98 Å². The van der Waals surface area contributed by atoms with E-state index in [-0.39, 0.29) is 5.41 Å². The maximum Gasteiger partial charge on any atom is 0.0880 e.